The molecular formula is C21H21ClN4O5. The van der Waals surface area contributed by atoms with Crippen molar-refractivity contribution in [3.63, 3.8) is 0 Å². The van der Waals surface area contributed by atoms with Crippen molar-refractivity contribution < 1.29 is 23.9 Å². The Kier molecular flexibility index (Phi) is 6.16. The number of rotatable bonds is 6. The molecule has 0 radical (unpaired) electrons. The Morgan fingerprint density at radius 1 is 1.13 bits per heavy atom. The number of halogens is 1. The first-order valence-electron chi connectivity index (χ1n) is 9.29. The Morgan fingerprint density at radius 3 is 2.39 bits per heavy atom. The van der Waals surface area contributed by atoms with Gasteiger partial charge in [-0.25, -0.2) is 4.79 Å². The van der Waals surface area contributed by atoms with E-state index in [0.29, 0.717) is 17.0 Å². The van der Waals surface area contributed by atoms with Gasteiger partial charge in [-0.15, -0.1) is 0 Å². The van der Waals surface area contributed by atoms with Crippen LogP contribution in [0.3, 0.4) is 0 Å². The van der Waals surface area contributed by atoms with Crippen LogP contribution in [-0.2, 0) is 19.9 Å². The lowest BCUT2D eigenvalue weighted by Gasteiger charge is -2.22. The summed E-state index contributed by atoms with van der Waals surface area (Å²) in [6, 6.07) is 10.6. The van der Waals surface area contributed by atoms with E-state index in [9.17, 15) is 19.2 Å². The molecule has 162 valence electrons. The molecule has 0 saturated carbocycles. The van der Waals surface area contributed by atoms with E-state index in [1.54, 1.807) is 37.3 Å². The van der Waals surface area contributed by atoms with Gasteiger partial charge in [0, 0.05) is 12.6 Å². The highest BCUT2D eigenvalue weighted by Gasteiger charge is 2.49. The van der Waals surface area contributed by atoms with Crippen molar-refractivity contribution in [3.8, 4) is 5.75 Å². The van der Waals surface area contributed by atoms with Crippen molar-refractivity contribution in [1.82, 2.24) is 10.2 Å². The number of nitrogens with zero attached hydrogens (tertiary/aromatic N) is 1. The van der Waals surface area contributed by atoms with Gasteiger partial charge in [-0.05, 0) is 42.8 Å². The van der Waals surface area contributed by atoms with Crippen LogP contribution in [0.5, 0.6) is 5.75 Å². The SMILES string of the molecule is COc1ccc(C2(C)NC(=O)N(CC(=O)Nc3ccc(NC(C)=O)cc3Cl)C2=O)cc1. The molecule has 3 N–H and O–H groups in total. The Bertz CT molecular complexity index is 1060. The van der Waals surface area contributed by atoms with Gasteiger partial charge >= 0.3 is 6.03 Å². The summed E-state index contributed by atoms with van der Waals surface area (Å²) in [4.78, 5) is 49.8. The first-order chi connectivity index (χ1) is 14.6. The number of amides is 5. The molecule has 1 aliphatic rings. The minimum atomic E-state index is -1.30. The van der Waals surface area contributed by atoms with Crippen LogP contribution in [0.2, 0.25) is 5.02 Å². The van der Waals surface area contributed by atoms with Crippen molar-refractivity contribution in [2.75, 3.05) is 24.3 Å². The second kappa shape index (κ2) is 8.65. The van der Waals surface area contributed by atoms with Gasteiger partial charge in [0.1, 0.15) is 17.8 Å². The van der Waals surface area contributed by atoms with E-state index in [1.807, 2.05) is 0 Å². The molecular weight excluding hydrogens is 424 g/mol. The molecule has 9 nitrogen and oxygen atoms in total. The van der Waals surface area contributed by atoms with E-state index in [0.717, 1.165) is 4.90 Å². The van der Waals surface area contributed by atoms with Gasteiger partial charge in [-0.1, -0.05) is 23.7 Å². The molecule has 0 aromatic heterocycles. The van der Waals surface area contributed by atoms with Gasteiger partial charge < -0.3 is 20.7 Å². The molecule has 1 saturated heterocycles. The Labute approximate surface area is 183 Å². The summed E-state index contributed by atoms with van der Waals surface area (Å²) in [7, 11) is 1.53. The van der Waals surface area contributed by atoms with Gasteiger partial charge in [0.15, 0.2) is 0 Å². The van der Waals surface area contributed by atoms with Crippen LogP contribution in [0.1, 0.15) is 19.4 Å². The summed E-state index contributed by atoms with van der Waals surface area (Å²) in [6.07, 6.45) is 0. The maximum absolute atomic E-state index is 13.0. The largest absolute Gasteiger partial charge is 0.497 e. The molecule has 2 aromatic carbocycles. The molecule has 10 heteroatoms. The molecule has 1 aliphatic heterocycles. The maximum atomic E-state index is 13.0. The summed E-state index contributed by atoms with van der Waals surface area (Å²) in [6.45, 7) is 2.45. The van der Waals surface area contributed by atoms with Crippen LogP contribution in [-0.4, -0.2) is 42.3 Å². The molecule has 31 heavy (non-hydrogen) atoms. The molecule has 0 spiro atoms. The van der Waals surface area contributed by atoms with Gasteiger partial charge in [-0.3, -0.25) is 19.3 Å². The van der Waals surface area contributed by atoms with Gasteiger partial charge in [-0.2, -0.15) is 0 Å². The number of carbonyl (C=O) groups is 4. The zero-order valence-electron chi connectivity index (χ0n) is 17.1. The summed E-state index contributed by atoms with van der Waals surface area (Å²) in [5.74, 6) is -0.797. The Morgan fingerprint density at radius 2 is 1.81 bits per heavy atom. The van der Waals surface area contributed by atoms with E-state index in [2.05, 4.69) is 16.0 Å². The highest BCUT2D eigenvalue weighted by molar-refractivity contribution is 6.34. The number of carbonyl (C=O) groups excluding carboxylic acids is 4. The summed E-state index contributed by atoms with van der Waals surface area (Å²) < 4.78 is 5.11. The van der Waals surface area contributed by atoms with Gasteiger partial charge in [0.05, 0.1) is 17.8 Å². The number of hydrogen-bond acceptors (Lipinski definition) is 5. The third-order valence-electron chi connectivity index (χ3n) is 4.81. The Hall–Kier alpha value is -3.59. The fraction of sp³-hybridized carbons (Fsp3) is 0.238. The van der Waals surface area contributed by atoms with E-state index >= 15 is 0 Å². The minimum absolute atomic E-state index is 0.194. The quantitative estimate of drug-likeness (QED) is 0.592. The van der Waals surface area contributed by atoms with Crippen LogP contribution >= 0.6 is 11.6 Å². The van der Waals surface area contributed by atoms with Crippen molar-refractivity contribution in [2.45, 2.75) is 19.4 Å². The third kappa shape index (κ3) is 4.61. The van der Waals surface area contributed by atoms with E-state index in [4.69, 9.17) is 16.3 Å². The number of benzene rings is 2. The fourth-order valence-electron chi connectivity index (χ4n) is 3.19. The monoisotopic (exact) mass is 444 g/mol. The minimum Gasteiger partial charge on any atom is -0.497 e. The maximum Gasteiger partial charge on any atom is 0.325 e. The average molecular weight is 445 g/mol. The van der Waals surface area contributed by atoms with Crippen molar-refractivity contribution >= 4 is 46.7 Å². The topological polar surface area (TPSA) is 117 Å². The molecule has 1 atom stereocenters. The molecule has 1 heterocycles. The molecule has 0 bridgehead atoms. The lowest BCUT2D eigenvalue weighted by atomic mass is 9.92. The van der Waals surface area contributed by atoms with Crippen molar-refractivity contribution in [1.29, 1.82) is 0 Å². The lowest BCUT2D eigenvalue weighted by molar-refractivity contribution is -0.133. The number of urea groups is 1. The standard InChI is InChI=1S/C21H21ClN4O5/c1-12(27)23-14-6-9-17(16(22)10-14)24-18(28)11-26-19(29)21(2,25-20(26)30)13-4-7-15(31-3)8-5-13/h4-10H,11H2,1-3H3,(H,23,27)(H,24,28)(H,25,30). The lowest BCUT2D eigenvalue weighted by Crippen LogP contribution is -2.42. The normalized spacial score (nSPS) is 17.9. The Balaban J connectivity index is 1.71. The van der Waals surface area contributed by atoms with Crippen LogP contribution in [0.4, 0.5) is 16.2 Å². The van der Waals surface area contributed by atoms with E-state index < -0.39 is 29.9 Å². The first kappa shape index (κ1) is 22.1. The summed E-state index contributed by atoms with van der Waals surface area (Å²) in [5, 5.41) is 7.98. The molecule has 0 aliphatic carbocycles. The number of ether oxygens (including phenoxy) is 1. The molecule has 1 unspecified atom stereocenters. The number of anilines is 2. The predicted molar refractivity (Wildman–Crippen MR) is 115 cm³/mol. The predicted octanol–water partition coefficient (Wildman–Crippen LogP) is 2.71. The van der Waals surface area contributed by atoms with Gasteiger partial charge in [0.2, 0.25) is 11.8 Å². The third-order valence-corrected chi connectivity index (χ3v) is 5.12. The highest BCUT2D eigenvalue weighted by atomic mass is 35.5. The molecule has 2 aromatic rings. The smallest absolute Gasteiger partial charge is 0.325 e. The van der Waals surface area contributed by atoms with Crippen LogP contribution in [0.15, 0.2) is 42.5 Å². The summed E-state index contributed by atoms with van der Waals surface area (Å²) >= 11 is 6.14. The first-order valence-corrected chi connectivity index (χ1v) is 9.67. The number of imide groups is 1. The second-order valence-electron chi connectivity index (χ2n) is 7.10. The molecule has 1 fully saturated rings. The second-order valence-corrected chi connectivity index (χ2v) is 7.51. The average Bonchev–Trinajstić information content (AvgIpc) is 2.93. The number of hydrogen-bond donors (Lipinski definition) is 3. The number of nitrogens with one attached hydrogen (secondary N) is 3. The van der Waals surface area contributed by atoms with E-state index in [1.165, 1.54) is 26.2 Å². The zero-order chi connectivity index (χ0) is 22.8. The molecule has 3 rings (SSSR count). The molecule has 5 amide bonds. The van der Waals surface area contributed by atoms with Gasteiger partial charge in [0.25, 0.3) is 5.91 Å². The zero-order valence-corrected chi connectivity index (χ0v) is 17.9. The van der Waals surface area contributed by atoms with Crippen molar-refractivity contribution in [2.24, 2.45) is 0 Å². The van der Waals surface area contributed by atoms with Crippen LogP contribution in [0, 0.1) is 0 Å². The van der Waals surface area contributed by atoms with Crippen molar-refractivity contribution in [3.05, 3.63) is 53.1 Å². The van der Waals surface area contributed by atoms with E-state index in [-0.39, 0.29) is 16.6 Å². The summed E-state index contributed by atoms with van der Waals surface area (Å²) in [5.41, 5.74) is 0.0122. The van der Waals surface area contributed by atoms with Crippen LogP contribution < -0.4 is 20.7 Å². The number of methoxy groups -OCH3 is 1. The fourth-order valence-corrected chi connectivity index (χ4v) is 3.42. The highest BCUT2D eigenvalue weighted by Crippen LogP contribution is 2.30. The van der Waals surface area contributed by atoms with Crippen LogP contribution in [0.25, 0.3) is 0 Å².